The molecule has 0 unspecified atom stereocenters. The van der Waals surface area contributed by atoms with E-state index in [4.69, 9.17) is 5.73 Å². The van der Waals surface area contributed by atoms with E-state index in [2.05, 4.69) is 30.1 Å². The lowest BCUT2D eigenvalue weighted by Crippen LogP contribution is -2.08. The van der Waals surface area contributed by atoms with Crippen molar-refractivity contribution >= 4 is 23.3 Å². The van der Waals surface area contributed by atoms with Gasteiger partial charge in [0.15, 0.2) is 0 Å². The van der Waals surface area contributed by atoms with Crippen LogP contribution >= 0.6 is 12.4 Å². The normalized spacial score (nSPS) is 12.4. The molecule has 2 nitrogen and oxygen atoms in total. The zero-order valence-corrected chi connectivity index (χ0v) is 9.68. The molecule has 0 radical (unpaired) electrons. The SMILES string of the molecule is CCC[C@@H](N)c1c[nH]c2ccccc12.Cl. The molecule has 2 rings (SSSR count). The van der Waals surface area contributed by atoms with Crippen LogP contribution in [-0.4, -0.2) is 4.98 Å². The summed E-state index contributed by atoms with van der Waals surface area (Å²) < 4.78 is 0. The van der Waals surface area contributed by atoms with Gasteiger partial charge in [-0.25, -0.2) is 0 Å². The van der Waals surface area contributed by atoms with E-state index in [0.717, 1.165) is 12.8 Å². The number of fused-ring (bicyclic) bond motifs is 1. The highest BCUT2D eigenvalue weighted by atomic mass is 35.5. The third-order valence-corrected chi connectivity index (χ3v) is 2.62. The molecular formula is C12H17ClN2. The third-order valence-electron chi connectivity index (χ3n) is 2.62. The van der Waals surface area contributed by atoms with Gasteiger partial charge in [-0.1, -0.05) is 31.5 Å². The van der Waals surface area contributed by atoms with Gasteiger partial charge in [-0.15, -0.1) is 12.4 Å². The van der Waals surface area contributed by atoms with Crippen LogP contribution in [0.4, 0.5) is 0 Å². The largest absolute Gasteiger partial charge is 0.361 e. The van der Waals surface area contributed by atoms with E-state index >= 15 is 0 Å². The number of para-hydroxylation sites is 1. The summed E-state index contributed by atoms with van der Waals surface area (Å²) in [7, 11) is 0. The first-order chi connectivity index (χ1) is 6.83. The number of hydrogen-bond donors (Lipinski definition) is 2. The van der Waals surface area contributed by atoms with E-state index in [9.17, 15) is 0 Å². The zero-order chi connectivity index (χ0) is 9.97. The van der Waals surface area contributed by atoms with Gasteiger partial charge in [-0.05, 0) is 18.1 Å². The Bertz CT molecular complexity index is 422. The Morgan fingerprint density at radius 1 is 1.33 bits per heavy atom. The number of nitrogens with one attached hydrogen (secondary N) is 1. The highest BCUT2D eigenvalue weighted by Crippen LogP contribution is 2.24. The summed E-state index contributed by atoms with van der Waals surface area (Å²) in [4.78, 5) is 3.25. The number of hydrogen-bond acceptors (Lipinski definition) is 1. The molecule has 0 saturated carbocycles. The molecule has 0 aliphatic heterocycles. The summed E-state index contributed by atoms with van der Waals surface area (Å²) in [6.45, 7) is 2.16. The number of benzene rings is 1. The van der Waals surface area contributed by atoms with E-state index in [-0.39, 0.29) is 18.4 Å². The molecule has 0 bridgehead atoms. The molecule has 1 atom stereocenters. The maximum absolute atomic E-state index is 6.10. The quantitative estimate of drug-likeness (QED) is 0.825. The van der Waals surface area contributed by atoms with Gasteiger partial charge in [-0.2, -0.15) is 0 Å². The minimum Gasteiger partial charge on any atom is -0.361 e. The summed E-state index contributed by atoms with van der Waals surface area (Å²) in [6.07, 6.45) is 4.20. The molecule has 15 heavy (non-hydrogen) atoms. The van der Waals surface area contributed by atoms with Crippen LogP contribution in [0.2, 0.25) is 0 Å². The van der Waals surface area contributed by atoms with Crippen molar-refractivity contribution in [1.29, 1.82) is 0 Å². The molecule has 1 heterocycles. The van der Waals surface area contributed by atoms with E-state index in [1.807, 2.05) is 12.3 Å². The number of aromatic amines is 1. The zero-order valence-electron chi connectivity index (χ0n) is 8.86. The summed E-state index contributed by atoms with van der Waals surface area (Å²) >= 11 is 0. The van der Waals surface area contributed by atoms with Crippen LogP contribution in [0.15, 0.2) is 30.5 Å². The van der Waals surface area contributed by atoms with Crippen LogP contribution < -0.4 is 5.73 Å². The first-order valence-corrected chi connectivity index (χ1v) is 5.14. The lowest BCUT2D eigenvalue weighted by Gasteiger charge is -2.08. The second-order valence-electron chi connectivity index (χ2n) is 3.68. The summed E-state index contributed by atoms with van der Waals surface area (Å²) in [5, 5.41) is 1.26. The van der Waals surface area contributed by atoms with Crippen molar-refractivity contribution < 1.29 is 0 Å². The predicted molar refractivity (Wildman–Crippen MR) is 67.4 cm³/mol. The van der Waals surface area contributed by atoms with E-state index < -0.39 is 0 Å². The topological polar surface area (TPSA) is 41.8 Å². The second-order valence-corrected chi connectivity index (χ2v) is 3.68. The summed E-state index contributed by atoms with van der Waals surface area (Å²) in [5.41, 5.74) is 8.51. The van der Waals surface area contributed by atoms with Crippen LogP contribution in [0.3, 0.4) is 0 Å². The Morgan fingerprint density at radius 3 is 2.80 bits per heavy atom. The molecule has 2 aromatic rings. The van der Waals surface area contributed by atoms with Crippen LogP contribution in [0.1, 0.15) is 31.4 Å². The van der Waals surface area contributed by atoms with Crippen LogP contribution in [0, 0.1) is 0 Å². The smallest absolute Gasteiger partial charge is 0.0457 e. The number of halogens is 1. The number of H-pyrrole nitrogens is 1. The fourth-order valence-electron chi connectivity index (χ4n) is 1.87. The summed E-state index contributed by atoms with van der Waals surface area (Å²) in [5.74, 6) is 0. The third kappa shape index (κ3) is 2.33. The Hall–Kier alpha value is -0.990. The fraction of sp³-hybridized carbons (Fsp3) is 0.333. The van der Waals surface area contributed by atoms with Gasteiger partial charge < -0.3 is 10.7 Å². The maximum Gasteiger partial charge on any atom is 0.0457 e. The second kappa shape index (κ2) is 5.19. The molecule has 3 N–H and O–H groups in total. The van der Waals surface area contributed by atoms with Crippen molar-refractivity contribution in [1.82, 2.24) is 4.98 Å². The number of aromatic nitrogens is 1. The van der Waals surface area contributed by atoms with E-state index in [1.165, 1.54) is 16.5 Å². The fourth-order valence-corrected chi connectivity index (χ4v) is 1.87. The van der Waals surface area contributed by atoms with Crippen molar-refractivity contribution in [3.63, 3.8) is 0 Å². The lowest BCUT2D eigenvalue weighted by molar-refractivity contribution is 0.642. The summed E-state index contributed by atoms with van der Waals surface area (Å²) in [6, 6.07) is 8.46. The van der Waals surface area contributed by atoms with Crippen LogP contribution in [-0.2, 0) is 0 Å². The van der Waals surface area contributed by atoms with Gasteiger partial charge in [-0.3, -0.25) is 0 Å². The van der Waals surface area contributed by atoms with Crippen molar-refractivity contribution in [3.05, 3.63) is 36.0 Å². The van der Waals surface area contributed by atoms with Crippen molar-refractivity contribution in [2.24, 2.45) is 5.73 Å². The molecule has 0 aliphatic rings. The van der Waals surface area contributed by atoms with Crippen molar-refractivity contribution in [2.45, 2.75) is 25.8 Å². The Kier molecular flexibility index (Phi) is 4.18. The predicted octanol–water partition coefficient (Wildman–Crippen LogP) is 3.39. The van der Waals surface area contributed by atoms with Gasteiger partial charge >= 0.3 is 0 Å². The molecule has 82 valence electrons. The first-order valence-electron chi connectivity index (χ1n) is 5.14. The molecule has 0 aliphatic carbocycles. The number of nitrogens with two attached hydrogens (primary N) is 1. The molecule has 0 fully saturated rings. The highest BCUT2D eigenvalue weighted by Gasteiger charge is 2.09. The molecule has 0 amide bonds. The average molecular weight is 225 g/mol. The van der Waals surface area contributed by atoms with Crippen molar-refractivity contribution in [3.8, 4) is 0 Å². The minimum absolute atomic E-state index is 0. The van der Waals surface area contributed by atoms with E-state index in [0.29, 0.717) is 0 Å². The van der Waals surface area contributed by atoms with Gasteiger partial charge in [0.1, 0.15) is 0 Å². The van der Waals surface area contributed by atoms with E-state index in [1.54, 1.807) is 0 Å². The van der Waals surface area contributed by atoms with Crippen LogP contribution in [0.25, 0.3) is 10.9 Å². The molecule has 0 saturated heterocycles. The van der Waals surface area contributed by atoms with Crippen LogP contribution in [0.5, 0.6) is 0 Å². The molecule has 1 aromatic heterocycles. The first kappa shape index (κ1) is 12.1. The maximum atomic E-state index is 6.10. The van der Waals surface area contributed by atoms with Gasteiger partial charge in [0.25, 0.3) is 0 Å². The Morgan fingerprint density at radius 2 is 2.07 bits per heavy atom. The molecule has 0 spiro atoms. The Balaban J connectivity index is 0.00000112. The minimum atomic E-state index is 0. The van der Waals surface area contributed by atoms with Gasteiger partial charge in [0, 0.05) is 23.1 Å². The molecule has 1 aromatic carbocycles. The monoisotopic (exact) mass is 224 g/mol. The van der Waals surface area contributed by atoms with Gasteiger partial charge in [0.2, 0.25) is 0 Å². The lowest BCUT2D eigenvalue weighted by atomic mass is 10.0. The van der Waals surface area contributed by atoms with Crippen molar-refractivity contribution in [2.75, 3.05) is 0 Å². The highest BCUT2D eigenvalue weighted by molar-refractivity contribution is 5.85. The molecular weight excluding hydrogens is 208 g/mol. The molecule has 3 heteroatoms. The standard InChI is InChI=1S/C12H16N2.ClH/c1-2-5-11(13)10-8-14-12-7-4-3-6-9(10)12;/h3-4,6-8,11,14H,2,5,13H2,1H3;1H/t11-;/m1./s1. The Labute approximate surface area is 96.3 Å². The average Bonchev–Trinajstić information content (AvgIpc) is 2.61. The van der Waals surface area contributed by atoms with Gasteiger partial charge in [0.05, 0.1) is 0 Å². The number of rotatable bonds is 3.